The average Bonchev–Trinajstić information content (AvgIpc) is 3.46. The third-order valence-corrected chi connectivity index (χ3v) is 6.62. The first-order chi connectivity index (χ1) is 15.3. The summed E-state index contributed by atoms with van der Waals surface area (Å²) in [5, 5.41) is 0. The molecule has 2 fully saturated rings. The summed E-state index contributed by atoms with van der Waals surface area (Å²) >= 11 is 0. The van der Waals surface area contributed by atoms with Crippen LogP contribution in [0.25, 0.3) is 6.08 Å². The molecule has 1 saturated heterocycles. The molecular formula is C27H38O5. The summed E-state index contributed by atoms with van der Waals surface area (Å²) in [5.74, 6) is 1.28. The Hall–Kier alpha value is -2.11. The van der Waals surface area contributed by atoms with Crippen molar-refractivity contribution < 1.29 is 23.7 Å². The van der Waals surface area contributed by atoms with Crippen molar-refractivity contribution in [3.8, 4) is 5.75 Å². The molecule has 32 heavy (non-hydrogen) atoms. The fraction of sp³-hybridized carbons (Fsp3) is 0.593. The monoisotopic (exact) mass is 442 g/mol. The van der Waals surface area contributed by atoms with Crippen LogP contribution in [0.4, 0.5) is 0 Å². The highest BCUT2D eigenvalue weighted by molar-refractivity contribution is 5.87. The lowest BCUT2D eigenvalue weighted by Crippen LogP contribution is -2.47. The minimum absolute atomic E-state index is 0.153. The van der Waals surface area contributed by atoms with E-state index in [1.807, 2.05) is 24.3 Å². The van der Waals surface area contributed by atoms with Crippen LogP contribution in [0, 0.1) is 11.8 Å². The summed E-state index contributed by atoms with van der Waals surface area (Å²) in [6.45, 7) is 8.78. The van der Waals surface area contributed by atoms with Crippen LogP contribution in [0.3, 0.4) is 0 Å². The Bertz CT molecular complexity index is 825. The number of hydrogen-bond acceptors (Lipinski definition) is 5. The lowest BCUT2D eigenvalue weighted by atomic mass is 9.75. The van der Waals surface area contributed by atoms with Gasteiger partial charge in [-0.3, -0.25) is 0 Å². The second-order valence-corrected chi connectivity index (χ2v) is 9.65. The second kappa shape index (κ2) is 10.7. The topological polar surface area (TPSA) is 57.3 Å². The average molecular weight is 443 g/mol. The Morgan fingerprint density at radius 1 is 1.22 bits per heavy atom. The van der Waals surface area contributed by atoms with Crippen LogP contribution >= 0.6 is 0 Å². The molecule has 5 unspecified atom stereocenters. The van der Waals surface area contributed by atoms with Crippen molar-refractivity contribution in [2.24, 2.45) is 11.8 Å². The van der Waals surface area contributed by atoms with E-state index >= 15 is 0 Å². The van der Waals surface area contributed by atoms with E-state index in [9.17, 15) is 4.79 Å². The molecule has 5 atom stereocenters. The van der Waals surface area contributed by atoms with Crippen molar-refractivity contribution in [3.63, 3.8) is 0 Å². The van der Waals surface area contributed by atoms with Crippen LogP contribution in [0.1, 0.15) is 58.9 Å². The van der Waals surface area contributed by atoms with Gasteiger partial charge in [0.2, 0.25) is 0 Å². The molecule has 1 saturated carbocycles. The maximum absolute atomic E-state index is 12.5. The molecule has 1 aliphatic heterocycles. The van der Waals surface area contributed by atoms with E-state index in [1.165, 1.54) is 18.1 Å². The smallest absolute Gasteiger partial charge is 0.331 e. The van der Waals surface area contributed by atoms with Crippen molar-refractivity contribution in [2.75, 3.05) is 14.2 Å². The zero-order valence-corrected chi connectivity index (χ0v) is 20.3. The largest absolute Gasteiger partial charge is 0.497 e. The first-order valence-electron chi connectivity index (χ1n) is 11.7. The zero-order chi connectivity index (χ0) is 23.3. The van der Waals surface area contributed by atoms with Gasteiger partial charge < -0.3 is 18.9 Å². The van der Waals surface area contributed by atoms with E-state index in [2.05, 4.69) is 33.8 Å². The van der Waals surface area contributed by atoms with Gasteiger partial charge in [0.05, 0.1) is 13.2 Å². The number of methoxy groups -OCH3 is 2. The SMILES string of the molecule is COc1ccc(C=CC(=O)OC2C(C)CC3(CC2OC)OC3C(C)=CCCC(C)C)cc1. The van der Waals surface area contributed by atoms with Gasteiger partial charge in [-0.05, 0) is 67.4 Å². The normalized spacial score (nSPS) is 30.2. The Morgan fingerprint density at radius 2 is 1.94 bits per heavy atom. The van der Waals surface area contributed by atoms with Crippen molar-refractivity contribution in [3.05, 3.63) is 47.6 Å². The molecule has 0 radical (unpaired) electrons. The van der Waals surface area contributed by atoms with E-state index in [1.54, 1.807) is 20.3 Å². The van der Waals surface area contributed by atoms with Crippen LogP contribution in [-0.2, 0) is 19.0 Å². The number of epoxide rings is 1. The zero-order valence-electron chi connectivity index (χ0n) is 20.3. The fourth-order valence-electron chi connectivity index (χ4n) is 4.80. The van der Waals surface area contributed by atoms with Crippen LogP contribution in [-0.4, -0.2) is 44.1 Å². The summed E-state index contributed by atoms with van der Waals surface area (Å²) in [6.07, 6.45) is 9.14. The minimum Gasteiger partial charge on any atom is -0.497 e. The van der Waals surface area contributed by atoms with E-state index in [-0.39, 0.29) is 35.8 Å². The number of esters is 1. The molecule has 1 aromatic rings. The maximum Gasteiger partial charge on any atom is 0.331 e. The molecule has 176 valence electrons. The molecule has 1 aliphatic carbocycles. The third kappa shape index (κ3) is 6.02. The lowest BCUT2D eigenvalue weighted by Gasteiger charge is -2.38. The van der Waals surface area contributed by atoms with Gasteiger partial charge >= 0.3 is 5.97 Å². The predicted octanol–water partition coefficient (Wildman–Crippen LogP) is 5.59. The van der Waals surface area contributed by atoms with Crippen LogP contribution in [0.15, 0.2) is 42.0 Å². The Morgan fingerprint density at radius 3 is 2.56 bits per heavy atom. The second-order valence-electron chi connectivity index (χ2n) is 9.65. The molecular weight excluding hydrogens is 404 g/mol. The highest BCUT2D eigenvalue weighted by Crippen LogP contribution is 2.53. The Kier molecular flexibility index (Phi) is 8.18. The van der Waals surface area contributed by atoms with Gasteiger partial charge in [0, 0.05) is 19.6 Å². The van der Waals surface area contributed by atoms with Gasteiger partial charge in [0.15, 0.2) is 0 Å². The molecule has 0 bridgehead atoms. The number of hydrogen-bond donors (Lipinski definition) is 0. The van der Waals surface area contributed by atoms with Gasteiger partial charge in [-0.25, -0.2) is 4.79 Å². The first-order valence-corrected chi connectivity index (χ1v) is 11.7. The maximum atomic E-state index is 12.5. The molecule has 2 aliphatic rings. The van der Waals surface area contributed by atoms with Crippen LogP contribution < -0.4 is 4.74 Å². The molecule has 3 rings (SSSR count). The number of ether oxygens (including phenoxy) is 4. The van der Waals surface area contributed by atoms with Crippen molar-refractivity contribution in [1.82, 2.24) is 0 Å². The number of benzene rings is 1. The summed E-state index contributed by atoms with van der Waals surface area (Å²) in [5.41, 5.74) is 2.04. The Balaban J connectivity index is 1.57. The number of rotatable bonds is 9. The minimum atomic E-state index is -0.353. The first kappa shape index (κ1) is 24.5. The fourth-order valence-corrected chi connectivity index (χ4v) is 4.80. The predicted molar refractivity (Wildman–Crippen MR) is 127 cm³/mol. The van der Waals surface area contributed by atoms with Crippen LogP contribution in [0.2, 0.25) is 0 Å². The Labute approximate surface area is 192 Å². The summed E-state index contributed by atoms with van der Waals surface area (Å²) in [4.78, 5) is 12.5. The van der Waals surface area contributed by atoms with Crippen molar-refractivity contribution >= 4 is 12.0 Å². The van der Waals surface area contributed by atoms with Crippen molar-refractivity contribution in [2.45, 2.75) is 77.3 Å². The molecule has 1 heterocycles. The molecule has 0 aromatic heterocycles. The third-order valence-electron chi connectivity index (χ3n) is 6.62. The molecule has 0 N–H and O–H groups in total. The van der Waals surface area contributed by atoms with E-state index in [0.29, 0.717) is 5.92 Å². The van der Waals surface area contributed by atoms with Gasteiger partial charge in [-0.1, -0.05) is 39.0 Å². The summed E-state index contributed by atoms with van der Waals surface area (Å²) in [6, 6.07) is 7.52. The van der Waals surface area contributed by atoms with E-state index in [4.69, 9.17) is 18.9 Å². The van der Waals surface area contributed by atoms with Gasteiger partial charge in [-0.15, -0.1) is 0 Å². The van der Waals surface area contributed by atoms with Gasteiger partial charge in [0.1, 0.15) is 23.6 Å². The van der Waals surface area contributed by atoms with Gasteiger partial charge in [0.25, 0.3) is 0 Å². The van der Waals surface area contributed by atoms with Gasteiger partial charge in [-0.2, -0.15) is 0 Å². The highest BCUT2D eigenvalue weighted by atomic mass is 16.6. The molecule has 0 amide bonds. The molecule has 1 aromatic carbocycles. The van der Waals surface area contributed by atoms with Crippen molar-refractivity contribution in [1.29, 1.82) is 0 Å². The number of carbonyl (C=O) groups is 1. The summed E-state index contributed by atoms with van der Waals surface area (Å²) in [7, 11) is 3.32. The van der Waals surface area contributed by atoms with Crippen LogP contribution in [0.5, 0.6) is 5.75 Å². The van der Waals surface area contributed by atoms with E-state index in [0.717, 1.165) is 30.6 Å². The molecule has 5 heteroatoms. The summed E-state index contributed by atoms with van der Waals surface area (Å²) < 4.78 is 23.0. The number of allylic oxidation sites excluding steroid dienone is 1. The lowest BCUT2D eigenvalue weighted by molar-refractivity contribution is -0.161. The number of carbonyl (C=O) groups excluding carboxylic acids is 1. The quantitative estimate of drug-likeness (QED) is 0.216. The van der Waals surface area contributed by atoms with E-state index < -0.39 is 0 Å². The molecule has 1 spiro atoms. The molecule has 5 nitrogen and oxygen atoms in total. The highest BCUT2D eigenvalue weighted by Gasteiger charge is 2.62. The standard InChI is InChI=1S/C27H38O5/c1-18(2)8-7-9-19(3)26-27(32-26)16-20(4)25(23(17-27)30-6)31-24(28)15-12-21-10-13-22(29-5)14-11-21/h9-15,18,20,23,25-26H,7-8,16-17H2,1-6H3.